The summed E-state index contributed by atoms with van der Waals surface area (Å²) >= 11 is 0. The first-order chi connectivity index (χ1) is 8.45. The second-order valence-electron chi connectivity index (χ2n) is 5.52. The molecule has 1 fully saturated rings. The number of nitrogen functional groups attached to an aromatic ring is 1. The van der Waals surface area contributed by atoms with Gasteiger partial charge in [0, 0.05) is 22.8 Å². The van der Waals surface area contributed by atoms with Crippen LogP contribution in [0.4, 0.5) is 11.4 Å². The van der Waals surface area contributed by atoms with Gasteiger partial charge in [-0.3, -0.25) is 0 Å². The molecule has 4 N–H and O–H groups in total. The first-order valence-electron chi connectivity index (χ1n) is 6.15. The van der Waals surface area contributed by atoms with Crippen molar-refractivity contribution in [3.63, 3.8) is 0 Å². The molecule has 96 valence electrons. The smallest absolute Gasteiger partial charge is 0.0670 e. The van der Waals surface area contributed by atoms with E-state index >= 15 is 0 Å². The van der Waals surface area contributed by atoms with Gasteiger partial charge in [0.1, 0.15) is 0 Å². The Hall–Kier alpha value is -1.73. The van der Waals surface area contributed by atoms with Crippen molar-refractivity contribution in [2.24, 2.45) is 5.41 Å². The van der Waals surface area contributed by atoms with Crippen molar-refractivity contribution >= 4 is 11.4 Å². The van der Waals surface area contributed by atoms with Crippen LogP contribution >= 0.6 is 0 Å². The maximum atomic E-state index is 9.70. The Morgan fingerprint density at radius 2 is 2.28 bits per heavy atom. The average Bonchev–Trinajstić information content (AvgIpc) is 2.33. The molecule has 2 rings (SSSR count). The van der Waals surface area contributed by atoms with Gasteiger partial charge in [0.2, 0.25) is 0 Å². The monoisotopic (exact) mass is 245 g/mol. The molecule has 1 aliphatic rings. The molecule has 0 spiro atoms. The van der Waals surface area contributed by atoms with Crippen molar-refractivity contribution in [1.29, 1.82) is 5.26 Å². The summed E-state index contributed by atoms with van der Waals surface area (Å²) in [6.45, 7) is 4.10. The SMILES string of the molecule is CC1(C)C(O)CC1Nc1ccc(N)c(CC#N)c1. The third-order valence-corrected chi connectivity index (χ3v) is 3.97. The lowest BCUT2D eigenvalue weighted by Crippen LogP contribution is -2.56. The van der Waals surface area contributed by atoms with E-state index in [1.807, 2.05) is 32.0 Å². The van der Waals surface area contributed by atoms with Crippen LogP contribution in [0.15, 0.2) is 18.2 Å². The van der Waals surface area contributed by atoms with Crippen LogP contribution in [0.3, 0.4) is 0 Å². The molecule has 4 nitrogen and oxygen atoms in total. The molecule has 1 aromatic rings. The molecule has 1 saturated carbocycles. The number of nitriles is 1. The zero-order valence-corrected chi connectivity index (χ0v) is 10.8. The molecule has 0 amide bonds. The van der Waals surface area contributed by atoms with E-state index in [4.69, 9.17) is 11.0 Å². The van der Waals surface area contributed by atoms with Crippen LogP contribution in [0.5, 0.6) is 0 Å². The first-order valence-corrected chi connectivity index (χ1v) is 6.15. The second kappa shape index (κ2) is 4.51. The van der Waals surface area contributed by atoms with Gasteiger partial charge in [0.15, 0.2) is 0 Å². The minimum Gasteiger partial charge on any atom is -0.398 e. The van der Waals surface area contributed by atoms with E-state index in [0.29, 0.717) is 12.1 Å². The molecule has 18 heavy (non-hydrogen) atoms. The van der Waals surface area contributed by atoms with Crippen LogP contribution in [0.1, 0.15) is 25.8 Å². The fourth-order valence-electron chi connectivity index (χ4n) is 2.28. The zero-order chi connectivity index (χ0) is 13.3. The van der Waals surface area contributed by atoms with Crippen molar-refractivity contribution in [1.82, 2.24) is 0 Å². The lowest BCUT2D eigenvalue weighted by molar-refractivity contribution is -0.0510. The Balaban J connectivity index is 2.12. The van der Waals surface area contributed by atoms with Crippen LogP contribution in [0.25, 0.3) is 0 Å². The minimum atomic E-state index is -0.248. The zero-order valence-electron chi connectivity index (χ0n) is 10.8. The maximum absolute atomic E-state index is 9.70. The highest BCUT2D eigenvalue weighted by Gasteiger charge is 2.47. The molecule has 2 unspecified atom stereocenters. The van der Waals surface area contributed by atoms with E-state index in [2.05, 4.69) is 11.4 Å². The molecule has 1 aliphatic carbocycles. The van der Waals surface area contributed by atoms with Crippen LogP contribution in [-0.2, 0) is 6.42 Å². The molecule has 0 saturated heterocycles. The number of nitrogens with zero attached hydrogens (tertiary/aromatic N) is 1. The predicted molar refractivity (Wildman–Crippen MR) is 72.0 cm³/mol. The summed E-state index contributed by atoms with van der Waals surface area (Å²) < 4.78 is 0. The van der Waals surface area contributed by atoms with Crippen molar-refractivity contribution in [2.75, 3.05) is 11.1 Å². The van der Waals surface area contributed by atoms with Gasteiger partial charge < -0.3 is 16.2 Å². The second-order valence-corrected chi connectivity index (χ2v) is 5.52. The van der Waals surface area contributed by atoms with Crippen LogP contribution < -0.4 is 11.1 Å². The molecule has 0 aliphatic heterocycles. The molecule has 0 bridgehead atoms. The van der Waals surface area contributed by atoms with Gasteiger partial charge >= 0.3 is 0 Å². The lowest BCUT2D eigenvalue weighted by atomic mass is 9.64. The third-order valence-electron chi connectivity index (χ3n) is 3.97. The number of hydrogen-bond donors (Lipinski definition) is 3. The number of rotatable bonds is 3. The van der Waals surface area contributed by atoms with E-state index in [1.165, 1.54) is 0 Å². The summed E-state index contributed by atoms with van der Waals surface area (Å²) in [5.74, 6) is 0. The summed E-state index contributed by atoms with van der Waals surface area (Å²) in [4.78, 5) is 0. The van der Waals surface area contributed by atoms with Gasteiger partial charge in [0.05, 0.1) is 18.6 Å². The van der Waals surface area contributed by atoms with E-state index in [1.54, 1.807) is 0 Å². The van der Waals surface area contributed by atoms with Gasteiger partial charge in [-0.25, -0.2) is 0 Å². The molecule has 4 heteroatoms. The topological polar surface area (TPSA) is 82.1 Å². The van der Waals surface area contributed by atoms with E-state index in [0.717, 1.165) is 17.7 Å². The quantitative estimate of drug-likeness (QED) is 0.710. The number of nitrogens with one attached hydrogen (secondary N) is 1. The largest absolute Gasteiger partial charge is 0.398 e. The number of aliphatic hydroxyl groups excluding tert-OH is 1. The summed E-state index contributed by atoms with van der Waals surface area (Å²) in [7, 11) is 0. The maximum Gasteiger partial charge on any atom is 0.0670 e. The fraction of sp³-hybridized carbons (Fsp3) is 0.500. The highest BCUT2D eigenvalue weighted by atomic mass is 16.3. The van der Waals surface area contributed by atoms with E-state index in [-0.39, 0.29) is 17.6 Å². The molecule has 1 aromatic carbocycles. The molecule has 0 aromatic heterocycles. The normalized spacial score (nSPS) is 25.0. The number of benzene rings is 1. The Morgan fingerprint density at radius 3 is 2.83 bits per heavy atom. The number of aliphatic hydroxyl groups is 1. The molecular formula is C14H19N3O. The van der Waals surface area contributed by atoms with Gasteiger partial charge in [-0.2, -0.15) is 5.26 Å². The summed E-state index contributed by atoms with van der Waals surface area (Å²) in [5.41, 5.74) is 8.15. The highest BCUT2D eigenvalue weighted by Crippen LogP contribution is 2.42. The first kappa shape index (κ1) is 12.7. The van der Waals surface area contributed by atoms with Crippen molar-refractivity contribution < 1.29 is 5.11 Å². The van der Waals surface area contributed by atoms with Crippen molar-refractivity contribution in [3.8, 4) is 6.07 Å². The summed E-state index contributed by atoms with van der Waals surface area (Å²) in [5, 5.41) is 21.8. The molecule has 0 heterocycles. The third kappa shape index (κ3) is 2.14. The fourth-order valence-corrected chi connectivity index (χ4v) is 2.28. The van der Waals surface area contributed by atoms with Gasteiger partial charge in [0.25, 0.3) is 0 Å². The Kier molecular flexibility index (Phi) is 3.18. The summed E-state index contributed by atoms with van der Waals surface area (Å²) in [6, 6.07) is 8.01. The number of anilines is 2. The van der Waals surface area contributed by atoms with Crippen molar-refractivity contribution in [2.45, 2.75) is 38.8 Å². The van der Waals surface area contributed by atoms with Crippen LogP contribution in [-0.4, -0.2) is 17.3 Å². The number of nitrogens with two attached hydrogens (primary N) is 1. The molecular weight excluding hydrogens is 226 g/mol. The van der Waals surface area contributed by atoms with Gasteiger partial charge in [-0.15, -0.1) is 0 Å². The predicted octanol–water partition coefficient (Wildman–Crippen LogP) is 1.91. The molecule has 2 atom stereocenters. The standard InChI is InChI=1S/C14H19N3O/c1-14(2)12(8-13(14)18)17-10-3-4-11(16)9(7-10)5-6-15/h3-4,7,12-13,17-18H,5,8,16H2,1-2H3. The van der Waals surface area contributed by atoms with Crippen molar-refractivity contribution in [3.05, 3.63) is 23.8 Å². The lowest BCUT2D eigenvalue weighted by Gasteiger charge is -2.49. The highest BCUT2D eigenvalue weighted by molar-refractivity contribution is 5.58. The number of hydrogen-bond acceptors (Lipinski definition) is 4. The molecule has 0 radical (unpaired) electrons. The Labute approximate surface area is 107 Å². The van der Waals surface area contributed by atoms with E-state index < -0.39 is 0 Å². The van der Waals surface area contributed by atoms with Gasteiger partial charge in [-0.05, 0) is 30.2 Å². The Morgan fingerprint density at radius 1 is 1.56 bits per heavy atom. The van der Waals surface area contributed by atoms with E-state index in [9.17, 15) is 5.11 Å². The van der Waals surface area contributed by atoms with Crippen LogP contribution in [0.2, 0.25) is 0 Å². The Bertz CT molecular complexity index is 490. The summed E-state index contributed by atoms with van der Waals surface area (Å²) in [6.07, 6.45) is 0.825. The van der Waals surface area contributed by atoms with Crippen LogP contribution in [0, 0.1) is 16.7 Å². The average molecular weight is 245 g/mol. The minimum absolute atomic E-state index is 0.114. The van der Waals surface area contributed by atoms with Gasteiger partial charge in [-0.1, -0.05) is 13.8 Å².